The summed E-state index contributed by atoms with van der Waals surface area (Å²) < 4.78 is 9.99. The molecule has 7 nitrogen and oxygen atoms in total. The first kappa shape index (κ1) is 14.5. The summed E-state index contributed by atoms with van der Waals surface area (Å²) in [7, 11) is 0. The fraction of sp³-hybridized carbons (Fsp3) is 0.417. The lowest BCUT2D eigenvalue weighted by Crippen LogP contribution is -2.27. The maximum absolute atomic E-state index is 11.6. The molecule has 0 saturated carbocycles. The van der Waals surface area contributed by atoms with Crippen LogP contribution >= 0.6 is 11.3 Å². The van der Waals surface area contributed by atoms with Crippen LogP contribution in [0.3, 0.4) is 0 Å². The van der Waals surface area contributed by atoms with Crippen molar-refractivity contribution in [3.63, 3.8) is 0 Å². The van der Waals surface area contributed by atoms with E-state index in [-0.39, 0.29) is 5.56 Å². The summed E-state index contributed by atoms with van der Waals surface area (Å²) in [5.41, 5.74) is 5.38. The highest BCUT2D eigenvalue weighted by Crippen LogP contribution is 2.22. The molecule has 0 bridgehead atoms. The number of anilines is 1. The van der Waals surface area contributed by atoms with Gasteiger partial charge in [-0.25, -0.2) is 4.79 Å². The number of hydrogen-bond acceptors (Lipinski definition) is 6. The number of nitrogens with one attached hydrogen (secondary N) is 1. The molecule has 0 aliphatic carbocycles. The summed E-state index contributed by atoms with van der Waals surface area (Å²) in [4.78, 5) is 34.2. The van der Waals surface area contributed by atoms with E-state index in [9.17, 15) is 14.4 Å². The van der Waals surface area contributed by atoms with Gasteiger partial charge in [-0.1, -0.05) is 0 Å². The number of ether oxygens (including phenoxy) is 2. The van der Waals surface area contributed by atoms with Gasteiger partial charge in [0.2, 0.25) is 0 Å². The molecule has 1 aliphatic rings. The molecule has 1 fully saturated rings. The first-order valence-corrected chi connectivity index (χ1v) is 6.91. The number of carbonyl (C=O) groups excluding carboxylic acids is 3. The molecular weight excluding hydrogens is 284 g/mol. The van der Waals surface area contributed by atoms with Crippen molar-refractivity contribution in [2.75, 3.05) is 18.5 Å². The number of carbonyl (C=O) groups is 3. The van der Waals surface area contributed by atoms with Gasteiger partial charge in [0.1, 0.15) is 5.00 Å². The van der Waals surface area contributed by atoms with Crippen molar-refractivity contribution in [2.24, 2.45) is 5.73 Å². The standard InChI is InChI=1S/C12H14N2O5S/c13-10(16)7-3-5-20-11(7)14-9(15)6-19-12(17)8-2-1-4-18-8/h3,5,8H,1-2,4,6H2,(H2,13,16)(H,14,15)/t8-/m0/s1. The second kappa shape index (κ2) is 6.49. The molecule has 1 saturated heterocycles. The Hall–Kier alpha value is -1.93. The van der Waals surface area contributed by atoms with Crippen LogP contribution in [0.25, 0.3) is 0 Å². The van der Waals surface area contributed by atoms with Crippen LogP contribution in [0.15, 0.2) is 11.4 Å². The van der Waals surface area contributed by atoms with Crippen molar-refractivity contribution in [1.82, 2.24) is 0 Å². The van der Waals surface area contributed by atoms with Crippen LogP contribution in [0.2, 0.25) is 0 Å². The van der Waals surface area contributed by atoms with Gasteiger partial charge in [-0.15, -0.1) is 11.3 Å². The van der Waals surface area contributed by atoms with Gasteiger partial charge in [0.25, 0.3) is 11.8 Å². The molecule has 3 N–H and O–H groups in total. The zero-order chi connectivity index (χ0) is 14.5. The molecule has 2 rings (SSSR count). The Balaban J connectivity index is 1.81. The van der Waals surface area contributed by atoms with E-state index in [4.69, 9.17) is 15.2 Å². The summed E-state index contributed by atoms with van der Waals surface area (Å²) in [5, 5.41) is 4.45. The Kier molecular flexibility index (Phi) is 4.70. The van der Waals surface area contributed by atoms with Gasteiger partial charge in [-0.2, -0.15) is 0 Å². The van der Waals surface area contributed by atoms with Crippen LogP contribution in [0, 0.1) is 0 Å². The van der Waals surface area contributed by atoms with Gasteiger partial charge in [0, 0.05) is 6.61 Å². The summed E-state index contributed by atoms with van der Waals surface area (Å²) in [6.07, 6.45) is 0.839. The van der Waals surface area contributed by atoms with Gasteiger partial charge in [-0.05, 0) is 24.3 Å². The van der Waals surface area contributed by atoms with Crippen molar-refractivity contribution >= 4 is 34.1 Å². The molecule has 2 amide bonds. The van der Waals surface area contributed by atoms with Gasteiger partial charge >= 0.3 is 5.97 Å². The Morgan fingerprint density at radius 2 is 2.30 bits per heavy atom. The van der Waals surface area contributed by atoms with Crippen LogP contribution in [0.5, 0.6) is 0 Å². The molecule has 108 valence electrons. The number of primary amides is 1. The Labute approximate surface area is 119 Å². The van der Waals surface area contributed by atoms with Gasteiger partial charge in [0.15, 0.2) is 12.7 Å². The molecule has 1 aromatic rings. The highest BCUT2D eigenvalue weighted by atomic mass is 32.1. The molecule has 0 radical (unpaired) electrons. The van der Waals surface area contributed by atoms with Crippen molar-refractivity contribution < 1.29 is 23.9 Å². The fourth-order valence-corrected chi connectivity index (χ4v) is 2.56. The smallest absolute Gasteiger partial charge is 0.335 e. The van der Waals surface area contributed by atoms with E-state index < -0.39 is 30.5 Å². The van der Waals surface area contributed by atoms with Crippen molar-refractivity contribution in [2.45, 2.75) is 18.9 Å². The Bertz CT molecular complexity index is 522. The third-order valence-corrected chi connectivity index (χ3v) is 3.55. The average Bonchev–Trinajstić information content (AvgIpc) is 3.06. The number of amides is 2. The van der Waals surface area contributed by atoms with Crippen molar-refractivity contribution in [3.8, 4) is 0 Å². The number of rotatable bonds is 5. The predicted molar refractivity (Wildman–Crippen MR) is 71.4 cm³/mol. The molecule has 1 aliphatic heterocycles. The topological polar surface area (TPSA) is 108 Å². The van der Waals surface area contributed by atoms with Crippen LogP contribution in [-0.4, -0.2) is 37.1 Å². The maximum atomic E-state index is 11.6. The monoisotopic (exact) mass is 298 g/mol. The number of nitrogens with two attached hydrogens (primary N) is 1. The van der Waals surface area contributed by atoms with Crippen molar-refractivity contribution in [1.29, 1.82) is 0 Å². The summed E-state index contributed by atoms with van der Waals surface area (Å²) in [6.45, 7) is 0.109. The van der Waals surface area contributed by atoms with Crippen LogP contribution < -0.4 is 11.1 Å². The van der Waals surface area contributed by atoms with E-state index in [1.165, 1.54) is 17.4 Å². The summed E-state index contributed by atoms with van der Waals surface area (Å²) in [6, 6.07) is 1.51. The van der Waals surface area contributed by atoms with Crippen LogP contribution in [-0.2, 0) is 19.1 Å². The number of thiophene rings is 1. The minimum Gasteiger partial charge on any atom is -0.454 e. The normalized spacial score (nSPS) is 17.7. The lowest BCUT2D eigenvalue weighted by Gasteiger charge is -2.09. The molecule has 0 unspecified atom stereocenters. The minimum absolute atomic E-state index is 0.230. The molecule has 1 atom stereocenters. The lowest BCUT2D eigenvalue weighted by atomic mass is 10.2. The largest absolute Gasteiger partial charge is 0.454 e. The fourth-order valence-electron chi connectivity index (χ4n) is 1.76. The molecular formula is C12H14N2O5S. The van der Waals surface area contributed by atoms with E-state index >= 15 is 0 Å². The second-order valence-corrected chi connectivity index (χ2v) is 5.10. The van der Waals surface area contributed by atoms with E-state index in [2.05, 4.69) is 5.32 Å². The Morgan fingerprint density at radius 1 is 1.50 bits per heavy atom. The summed E-state index contributed by atoms with van der Waals surface area (Å²) in [5.74, 6) is -1.70. The van der Waals surface area contributed by atoms with Gasteiger partial charge in [0.05, 0.1) is 5.56 Å². The quantitative estimate of drug-likeness (QED) is 0.770. The zero-order valence-electron chi connectivity index (χ0n) is 10.6. The molecule has 8 heteroatoms. The van der Waals surface area contributed by atoms with Crippen LogP contribution in [0.1, 0.15) is 23.2 Å². The first-order valence-electron chi connectivity index (χ1n) is 6.03. The van der Waals surface area contributed by atoms with E-state index in [0.717, 1.165) is 6.42 Å². The predicted octanol–water partition coefficient (Wildman–Crippen LogP) is 0.508. The van der Waals surface area contributed by atoms with Crippen LogP contribution in [0.4, 0.5) is 5.00 Å². The Morgan fingerprint density at radius 3 is 2.95 bits per heavy atom. The van der Waals surface area contributed by atoms with Gasteiger partial charge < -0.3 is 20.5 Å². The SMILES string of the molecule is NC(=O)c1ccsc1NC(=O)COC(=O)[C@@H]1CCCO1. The second-order valence-electron chi connectivity index (χ2n) is 4.19. The molecule has 0 aromatic carbocycles. The van der Waals surface area contributed by atoms with Gasteiger partial charge in [-0.3, -0.25) is 9.59 Å². The highest BCUT2D eigenvalue weighted by Gasteiger charge is 2.25. The maximum Gasteiger partial charge on any atom is 0.335 e. The van der Waals surface area contributed by atoms with E-state index in [1.807, 2.05) is 0 Å². The molecule has 0 spiro atoms. The number of hydrogen-bond donors (Lipinski definition) is 2. The number of esters is 1. The summed E-state index contributed by atoms with van der Waals surface area (Å²) >= 11 is 1.17. The minimum atomic E-state index is -0.627. The van der Waals surface area contributed by atoms with E-state index in [1.54, 1.807) is 5.38 Å². The first-order chi connectivity index (χ1) is 9.58. The average molecular weight is 298 g/mol. The molecule has 20 heavy (non-hydrogen) atoms. The third kappa shape index (κ3) is 3.55. The lowest BCUT2D eigenvalue weighted by molar-refractivity contribution is -0.156. The van der Waals surface area contributed by atoms with E-state index in [0.29, 0.717) is 18.0 Å². The molecule has 2 heterocycles. The zero-order valence-corrected chi connectivity index (χ0v) is 11.4. The highest BCUT2D eigenvalue weighted by molar-refractivity contribution is 7.14. The van der Waals surface area contributed by atoms with Crippen molar-refractivity contribution in [3.05, 3.63) is 17.0 Å². The third-order valence-electron chi connectivity index (χ3n) is 2.72. The molecule has 1 aromatic heterocycles.